The first-order valence-corrected chi connectivity index (χ1v) is 14.0. The lowest BCUT2D eigenvalue weighted by molar-refractivity contribution is -0.145. The van der Waals surface area contributed by atoms with E-state index in [0.29, 0.717) is 13.0 Å². The zero-order valence-electron chi connectivity index (χ0n) is 25.1. The highest BCUT2D eigenvalue weighted by molar-refractivity contribution is 6.38. The van der Waals surface area contributed by atoms with Crippen LogP contribution in [-0.4, -0.2) is 71.8 Å². The Morgan fingerprint density at radius 2 is 1.72 bits per heavy atom. The summed E-state index contributed by atoms with van der Waals surface area (Å²) in [6, 6.07) is -2.76. The van der Waals surface area contributed by atoms with Gasteiger partial charge < -0.3 is 25.6 Å². The van der Waals surface area contributed by atoms with Crippen molar-refractivity contribution in [3.63, 3.8) is 0 Å². The Morgan fingerprint density at radius 3 is 2.23 bits per heavy atom. The molecule has 1 saturated heterocycles. The number of fused-ring (bicyclic) bond motifs is 1. The number of Topliss-reactive ketones (excluding diaryl/α,β-unsaturated/α-hetero) is 1. The van der Waals surface area contributed by atoms with Crippen molar-refractivity contribution in [2.24, 2.45) is 28.6 Å². The van der Waals surface area contributed by atoms with E-state index in [0.717, 1.165) is 0 Å². The highest BCUT2D eigenvalue weighted by atomic mass is 16.6. The van der Waals surface area contributed by atoms with Crippen LogP contribution >= 0.6 is 0 Å². The van der Waals surface area contributed by atoms with Crippen molar-refractivity contribution in [2.75, 3.05) is 13.1 Å². The molecule has 0 aromatic carbocycles. The van der Waals surface area contributed by atoms with Crippen LogP contribution in [0.5, 0.6) is 0 Å². The number of likely N-dealkylation sites (tertiary alicyclic amines) is 1. The fraction of sp³-hybridized carbons (Fsp3) is 0.759. The zero-order valence-corrected chi connectivity index (χ0v) is 25.1. The smallest absolute Gasteiger partial charge is 0.408 e. The Kier molecular flexibility index (Phi) is 10.4. The van der Waals surface area contributed by atoms with E-state index in [1.165, 1.54) is 11.0 Å². The standard InChI is InChI=1S/C29H48N4O6/c1-11-13-19(22(34)25(36)30-14-12-2)31-24(35)21-20-18(29(20,9)10)15-33(21)26(37)23(28(6,7)8)32-27(38)39-17(5)16(3)4/h12,16-21,23H,2,11,13-15H2,1,3-10H3,(H,30,36)(H,31,35)(H,32,38)/t17?,18-,19?,20-,21-,23+/m0/s1. The molecule has 39 heavy (non-hydrogen) atoms. The van der Waals surface area contributed by atoms with Gasteiger partial charge in [0.25, 0.3) is 5.91 Å². The summed E-state index contributed by atoms with van der Waals surface area (Å²) < 4.78 is 5.46. The Balaban J connectivity index is 2.29. The molecule has 0 bridgehead atoms. The van der Waals surface area contributed by atoms with Crippen LogP contribution in [0.3, 0.4) is 0 Å². The van der Waals surface area contributed by atoms with E-state index in [1.807, 2.05) is 41.5 Å². The molecule has 4 amide bonds. The highest BCUT2D eigenvalue weighted by Crippen LogP contribution is 2.65. The summed E-state index contributed by atoms with van der Waals surface area (Å²) in [4.78, 5) is 67.0. The largest absolute Gasteiger partial charge is 0.446 e. The van der Waals surface area contributed by atoms with E-state index in [4.69, 9.17) is 4.74 Å². The minimum Gasteiger partial charge on any atom is -0.446 e. The Morgan fingerprint density at radius 1 is 1.10 bits per heavy atom. The average molecular weight is 549 g/mol. The molecule has 2 unspecified atom stereocenters. The molecule has 2 fully saturated rings. The number of carbonyl (C=O) groups is 5. The van der Waals surface area contributed by atoms with Gasteiger partial charge in [-0.15, -0.1) is 6.58 Å². The molecule has 2 aliphatic rings. The van der Waals surface area contributed by atoms with E-state index in [1.54, 1.807) is 6.92 Å². The van der Waals surface area contributed by atoms with Crippen LogP contribution in [0.2, 0.25) is 0 Å². The Labute approximate surface area is 233 Å². The number of hydrogen-bond acceptors (Lipinski definition) is 6. The lowest BCUT2D eigenvalue weighted by Crippen LogP contribution is -2.60. The number of amides is 4. The zero-order chi connectivity index (χ0) is 29.9. The molecule has 1 saturated carbocycles. The van der Waals surface area contributed by atoms with Gasteiger partial charge in [0.15, 0.2) is 0 Å². The molecule has 10 heteroatoms. The summed E-state index contributed by atoms with van der Waals surface area (Å²) in [5.41, 5.74) is -0.814. The van der Waals surface area contributed by atoms with Gasteiger partial charge in [-0.05, 0) is 41.9 Å². The van der Waals surface area contributed by atoms with Crippen molar-refractivity contribution in [1.82, 2.24) is 20.9 Å². The fourth-order valence-corrected chi connectivity index (χ4v) is 5.31. The normalized spacial score (nSPS) is 23.6. The van der Waals surface area contributed by atoms with E-state index in [-0.39, 0.29) is 48.1 Å². The van der Waals surface area contributed by atoms with Crippen molar-refractivity contribution in [3.8, 4) is 0 Å². The van der Waals surface area contributed by atoms with Crippen LogP contribution in [0.1, 0.15) is 75.2 Å². The van der Waals surface area contributed by atoms with Gasteiger partial charge in [-0.3, -0.25) is 19.2 Å². The third-order valence-electron chi connectivity index (χ3n) is 8.21. The van der Waals surface area contributed by atoms with Gasteiger partial charge in [-0.1, -0.05) is 67.9 Å². The number of ketones is 1. The SMILES string of the molecule is C=CCNC(=O)C(=O)C(CCC)NC(=O)[C@@H]1[C@@H]2[C@H](CN1C(=O)[C@@H](NC(=O)OC(C)C(C)C)C(C)(C)C)C2(C)C. The van der Waals surface area contributed by atoms with Gasteiger partial charge in [0.2, 0.25) is 17.6 Å². The summed E-state index contributed by atoms with van der Waals surface area (Å²) in [7, 11) is 0. The molecule has 0 radical (unpaired) electrons. The van der Waals surface area contributed by atoms with Crippen LogP contribution in [0.25, 0.3) is 0 Å². The second-order valence-corrected chi connectivity index (χ2v) is 12.9. The molecule has 10 nitrogen and oxygen atoms in total. The van der Waals surface area contributed by atoms with Crippen LogP contribution in [0, 0.1) is 28.6 Å². The van der Waals surface area contributed by atoms with E-state index < -0.39 is 47.2 Å². The molecular weight excluding hydrogens is 500 g/mol. The number of carbonyl (C=O) groups excluding carboxylic acids is 5. The van der Waals surface area contributed by atoms with Crippen molar-refractivity contribution in [3.05, 3.63) is 12.7 Å². The quantitative estimate of drug-likeness (QED) is 0.254. The molecule has 1 heterocycles. The number of rotatable bonds is 12. The number of alkyl carbamates (subject to hydrolysis) is 1. The first-order valence-electron chi connectivity index (χ1n) is 14.0. The van der Waals surface area contributed by atoms with Crippen LogP contribution in [-0.2, 0) is 23.9 Å². The van der Waals surface area contributed by atoms with Crippen molar-refractivity contribution >= 4 is 29.6 Å². The van der Waals surface area contributed by atoms with Gasteiger partial charge in [-0.25, -0.2) is 4.79 Å². The number of piperidine rings is 1. The van der Waals surface area contributed by atoms with Gasteiger partial charge in [0, 0.05) is 13.1 Å². The third kappa shape index (κ3) is 7.39. The molecule has 1 aliphatic carbocycles. The van der Waals surface area contributed by atoms with Crippen LogP contribution in [0.4, 0.5) is 4.79 Å². The minimum absolute atomic E-state index is 0.0954. The summed E-state index contributed by atoms with van der Waals surface area (Å²) in [6.45, 7) is 21.2. The maximum absolute atomic E-state index is 13.9. The van der Waals surface area contributed by atoms with E-state index >= 15 is 0 Å². The third-order valence-corrected chi connectivity index (χ3v) is 8.21. The molecule has 0 aromatic heterocycles. The van der Waals surface area contributed by atoms with Crippen molar-refractivity contribution in [1.29, 1.82) is 0 Å². The number of nitrogens with one attached hydrogen (secondary N) is 3. The lowest BCUT2D eigenvalue weighted by Gasteiger charge is -2.38. The van der Waals surface area contributed by atoms with Gasteiger partial charge in [0.1, 0.15) is 18.2 Å². The number of nitrogens with zero attached hydrogens (tertiary/aromatic N) is 1. The van der Waals surface area contributed by atoms with Crippen molar-refractivity contribution in [2.45, 2.75) is 99.4 Å². The van der Waals surface area contributed by atoms with Gasteiger partial charge in [0.05, 0.1) is 6.04 Å². The molecule has 220 valence electrons. The molecule has 1 aliphatic heterocycles. The summed E-state index contributed by atoms with van der Waals surface area (Å²) in [5.74, 6) is -2.23. The molecular formula is C29H48N4O6. The maximum Gasteiger partial charge on any atom is 0.408 e. The second kappa shape index (κ2) is 12.5. The monoisotopic (exact) mass is 548 g/mol. The Hall–Kier alpha value is -2.91. The summed E-state index contributed by atoms with van der Waals surface area (Å²) in [6.07, 6.45) is 1.31. The van der Waals surface area contributed by atoms with Gasteiger partial charge in [-0.2, -0.15) is 0 Å². The average Bonchev–Trinajstić information content (AvgIpc) is 3.17. The molecule has 6 atom stereocenters. The highest BCUT2D eigenvalue weighted by Gasteiger charge is 2.69. The second-order valence-electron chi connectivity index (χ2n) is 12.9. The number of hydrogen-bond donors (Lipinski definition) is 3. The van der Waals surface area contributed by atoms with Crippen molar-refractivity contribution < 1.29 is 28.7 Å². The molecule has 0 spiro atoms. The summed E-state index contributed by atoms with van der Waals surface area (Å²) in [5, 5.41) is 7.98. The fourth-order valence-electron chi connectivity index (χ4n) is 5.31. The Bertz CT molecular complexity index is 969. The summed E-state index contributed by atoms with van der Waals surface area (Å²) >= 11 is 0. The molecule has 3 N–H and O–H groups in total. The van der Waals surface area contributed by atoms with Crippen LogP contribution in [0.15, 0.2) is 12.7 Å². The molecule has 0 aromatic rings. The lowest BCUT2D eigenvalue weighted by atomic mass is 9.85. The van der Waals surface area contributed by atoms with Crippen LogP contribution < -0.4 is 16.0 Å². The maximum atomic E-state index is 13.9. The number of ether oxygens (including phenoxy) is 1. The predicted molar refractivity (Wildman–Crippen MR) is 148 cm³/mol. The van der Waals surface area contributed by atoms with E-state index in [9.17, 15) is 24.0 Å². The first-order chi connectivity index (χ1) is 18.0. The first kappa shape index (κ1) is 32.3. The minimum atomic E-state index is -1.01. The van der Waals surface area contributed by atoms with E-state index in [2.05, 4.69) is 36.4 Å². The predicted octanol–water partition coefficient (Wildman–Crippen LogP) is 2.81. The molecule has 2 rings (SSSR count). The topological polar surface area (TPSA) is 134 Å². The van der Waals surface area contributed by atoms with Gasteiger partial charge >= 0.3 is 6.09 Å².